The SMILES string of the molecule is C[C@]1(c2c(F)c(F)cc(F)c2F)C=CCCCC1. The van der Waals surface area contributed by atoms with E-state index in [2.05, 4.69) is 0 Å². The van der Waals surface area contributed by atoms with E-state index in [1.54, 1.807) is 13.0 Å². The van der Waals surface area contributed by atoms with Gasteiger partial charge in [-0.05, 0) is 19.3 Å². The molecule has 0 fully saturated rings. The molecule has 0 heterocycles. The highest BCUT2D eigenvalue weighted by molar-refractivity contribution is 5.34. The van der Waals surface area contributed by atoms with E-state index in [-0.39, 0.29) is 6.07 Å². The molecule has 98 valence electrons. The lowest BCUT2D eigenvalue weighted by Crippen LogP contribution is -2.23. The molecule has 1 atom stereocenters. The molecule has 0 saturated carbocycles. The molecule has 1 aromatic rings. The Morgan fingerprint density at radius 2 is 1.61 bits per heavy atom. The van der Waals surface area contributed by atoms with Gasteiger partial charge in [0, 0.05) is 17.0 Å². The van der Waals surface area contributed by atoms with E-state index in [1.807, 2.05) is 6.08 Å². The maximum Gasteiger partial charge on any atom is 0.166 e. The summed E-state index contributed by atoms with van der Waals surface area (Å²) in [6.45, 7) is 1.61. The molecular formula is C14H14F4. The number of hydrogen-bond acceptors (Lipinski definition) is 0. The normalized spacial score (nSPS) is 24.1. The molecule has 4 heteroatoms. The molecule has 1 aromatic carbocycles. The Morgan fingerprint density at radius 3 is 2.22 bits per heavy atom. The topological polar surface area (TPSA) is 0 Å². The predicted molar refractivity (Wildman–Crippen MR) is 61.2 cm³/mol. The highest BCUT2D eigenvalue weighted by atomic mass is 19.2. The van der Waals surface area contributed by atoms with E-state index < -0.39 is 34.2 Å². The molecule has 1 aliphatic carbocycles. The summed E-state index contributed by atoms with van der Waals surface area (Å²) in [5.41, 5.74) is -1.49. The molecule has 0 radical (unpaired) electrons. The standard InChI is InChI=1S/C14H14F4/c1-14(6-4-2-3-5-7-14)11-12(17)9(15)8-10(16)13(11)18/h4,6,8H,2-3,5,7H2,1H3/t14-/m0/s1. The molecule has 0 aromatic heterocycles. The average molecular weight is 258 g/mol. The van der Waals surface area contributed by atoms with Crippen LogP contribution in [0.25, 0.3) is 0 Å². The van der Waals surface area contributed by atoms with Crippen molar-refractivity contribution in [3.8, 4) is 0 Å². The molecule has 1 aliphatic rings. The third-order valence-electron chi connectivity index (χ3n) is 3.49. The molecule has 0 amide bonds. The Balaban J connectivity index is 2.62. The van der Waals surface area contributed by atoms with Gasteiger partial charge in [-0.1, -0.05) is 25.5 Å². The van der Waals surface area contributed by atoms with Gasteiger partial charge in [0.2, 0.25) is 0 Å². The molecule has 2 rings (SSSR count). The minimum absolute atomic E-state index is 0.248. The van der Waals surface area contributed by atoms with E-state index in [9.17, 15) is 17.6 Å². The third kappa shape index (κ3) is 2.16. The molecular weight excluding hydrogens is 244 g/mol. The number of rotatable bonds is 1. The average Bonchev–Trinajstić information content (AvgIpc) is 2.52. The monoisotopic (exact) mass is 258 g/mol. The maximum absolute atomic E-state index is 13.8. The highest BCUT2D eigenvalue weighted by Gasteiger charge is 2.34. The van der Waals surface area contributed by atoms with Gasteiger partial charge in [-0.25, -0.2) is 17.6 Å². The number of hydrogen-bond donors (Lipinski definition) is 0. The summed E-state index contributed by atoms with van der Waals surface area (Å²) in [6.07, 6.45) is 6.43. The van der Waals surface area contributed by atoms with Crippen molar-refractivity contribution in [1.29, 1.82) is 0 Å². The molecule has 0 saturated heterocycles. The van der Waals surface area contributed by atoms with Gasteiger partial charge in [-0.2, -0.15) is 0 Å². The van der Waals surface area contributed by atoms with Crippen LogP contribution < -0.4 is 0 Å². The zero-order valence-corrected chi connectivity index (χ0v) is 10.1. The van der Waals surface area contributed by atoms with Gasteiger partial charge in [0.1, 0.15) is 0 Å². The number of benzene rings is 1. The minimum Gasteiger partial charge on any atom is -0.204 e. The van der Waals surface area contributed by atoms with Crippen LogP contribution in [0.4, 0.5) is 17.6 Å². The lowest BCUT2D eigenvalue weighted by atomic mass is 9.78. The van der Waals surface area contributed by atoms with Crippen LogP contribution in [0, 0.1) is 23.3 Å². The fourth-order valence-corrected chi connectivity index (χ4v) is 2.46. The molecule has 0 N–H and O–H groups in total. The van der Waals surface area contributed by atoms with Crippen LogP contribution in [0.1, 0.15) is 38.2 Å². The van der Waals surface area contributed by atoms with Gasteiger partial charge in [0.25, 0.3) is 0 Å². The summed E-state index contributed by atoms with van der Waals surface area (Å²) in [5.74, 6) is -5.27. The van der Waals surface area contributed by atoms with Gasteiger partial charge in [0.15, 0.2) is 23.3 Å². The fraction of sp³-hybridized carbons (Fsp3) is 0.429. The zero-order valence-electron chi connectivity index (χ0n) is 10.1. The van der Waals surface area contributed by atoms with Crippen molar-refractivity contribution in [2.24, 2.45) is 0 Å². The summed E-state index contributed by atoms with van der Waals surface area (Å²) in [5, 5.41) is 0. The summed E-state index contributed by atoms with van der Waals surface area (Å²) in [7, 11) is 0. The Hall–Kier alpha value is -1.32. The lowest BCUT2D eigenvalue weighted by Gasteiger charge is -2.27. The van der Waals surface area contributed by atoms with Gasteiger partial charge in [-0.3, -0.25) is 0 Å². The molecule has 18 heavy (non-hydrogen) atoms. The molecule has 0 spiro atoms. The largest absolute Gasteiger partial charge is 0.204 e. The zero-order chi connectivity index (χ0) is 13.3. The lowest BCUT2D eigenvalue weighted by molar-refractivity contribution is 0.395. The van der Waals surface area contributed by atoms with Crippen molar-refractivity contribution >= 4 is 0 Å². The van der Waals surface area contributed by atoms with Crippen molar-refractivity contribution in [2.45, 2.75) is 38.0 Å². The first-order valence-corrected chi connectivity index (χ1v) is 5.97. The van der Waals surface area contributed by atoms with Crippen LogP contribution in [-0.4, -0.2) is 0 Å². The molecule has 0 nitrogen and oxygen atoms in total. The van der Waals surface area contributed by atoms with Gasteiger partial charge in [0.05, 0.1) is 0 Å². The molecule has 0 unspecified atom stereocenters. The Bertz CT molecular complexity index is 467. The van der Waals surface area contributed by atoms with E-state index in [1.165, 1.54) is 0 Å². The second-order valence-electron chi connectivity index (χ2n) is 4.91. The highest BCUT2D eigenvalue weighted by Crippen LogP contribution is 2.38. The van der Waals surface area contributed by atoms with Crippen LogP contribution in [0.3, 0.4) is 0 Å². The predicted octanol–water partition coefficient (Wildman–Crippen LogP) is 4.63. The minimum atomic E-state index is -1.34. The molecule has 0 aliphatic heterocycles. The second kappa shape index (κ2) is 4.75. The van der Waals surface area contributed by atoms with Gasteiger partial charge >= 0.3 is 0 Å². The first-order valence-electron chi connectivity index (χ1n) is 5.97. The van der Waals surface area contributed by atoms with Crippen molar-refractivity contribution in [1.82, 2.24) is 0 Å². The number of halogens is 4. The van der Waals surface area contributed by atoms with Crippen LogP contribution in [-0.2, 0) is 5.41 Å². The number of allylic oxidation sites excluding steroid dienone is 2. The van der Waals surface area contributed by atoms with Crippen LogP contribution >= 0.6 is 0 Å². The van der Waals surface area contributed by atoms with Gasteiger partial charge < -0.3 is 0 Å². The fourth-order valence-electron chi connectivity index (χ4n) is 2.46. The van der Waals surface area contributed by atoms with E-state index in [0.717, 1.165) is 19.3 Å². The van der Waals surface area contributed by atoms with Crippen molar-refractivity contribution < 1.29 is 17.6 Å². The summed E-state index contributed by atoms with van der Waals surface area (Å²) in [6, 6.07) is 0.248. The van der Waals surface area contributed by atoms with Crippen LogP contribution in [0.5, 0.6) is 0 Å². The van der Waals surface area contributed by atoms with E-state index in [0.29, 0.717) is 6.42 Å². The van der Waals surface area contributed by atoms with Crippen molar-refractivity contribution in [3.05, 3.63) is 47.1 Å². The summed E-state index contributed by atoms with van der Waals surface area (Å²) < 4.78 is 54.1. The van der Waals surface area contributed by atoms with Crippen molar-refractivity contribution in [2.75, 3.05) is 0 Å². The summed E-state index contributed by atoms with van der Waals surface area (Å²) >= 11 is 0. The maximum atomic E-state index is 13.8. The smallest absolute Gasteiger partial charge is 0.166 e. The Labute approximate surface area is 103 Å². The molecule has 0 bridgehead atoms. The Kier molecular flexibility index (Phi) is 3.46. The van der Waals surface area contributed by atoms with E-state index in [4.69, 9.17) is 0 Å². The third-order valence-corrected chi connectivity index (χ3v) is 3.49. The Morgan fingerprint density at radius 1 is 1.00 bits per heavy atom. The first kappa shape index (κ1) is 13.1. The summed E-state index contributed by atoms with van der Waals surface area (Å²) in [4.78, 5) is 0. The second-order valence-corrected chi connectivity index (χ2v) is 4.91. The van der Waals surface area contributed by atoms with Crippen molar-refractivity contribution in [3.63, 3.8) is 0 Å². The first-order chi connectivity index (χ1) is 8.46. The van der Waals surface area contributed by atoms with Crippen LogP contribution in [0.2, 0.25) is 0 Å². The van der Waals surface area contributed by atoms with Crippen LogP contribution in [0.15, 0.2) is 18.2 Å². The van der Waals surface area contributed by atoms with Gasteiger partial charge in [-0.15, -0.1) is 0 Å². The quantitative estimate of drug-likeness (QED) is 0.391. The van der Waals surface area contributed by atoms with E-state index >= 15 is 0 Å².